The van der Waals surface area contributed by atoms with E-state index in [2.05, 4.69) is 13.8 Å². The molecule has 0 aromatic carbocycles. The van der Waals surface area contributed by atoms with Crippen molar-refractivity contribution >= 4 is 17.7 Å². The minimum absolute atomic E-state index is 0.00705. The van der Waals surface area contributed by atoms with E-state index in [-0.39, 0.29) is 28.6 Å². The van der Waals surface area contributed by atoms with Crippen molar-refractivity contribution in [3.8, 4) is 0 Å². The lowest BCUT2D eigenvalue weighted by Gasteiger charge is -2.59. The maximum absolute atomic E-state index is 12.2. The number of hydrogen-bond donors (Lipinski definition) is 2. The molecule has 4 aliphatic carbocycles. The number of hydrogen-bond acceptors (Lipinski definition) is 4. The number of rotatable bonds is 3. The Kier molecular flexibility index (Phi) is 4.48. The molecule has 2 N–H and O–H groups in total. The van der Waals surface area contributed by atoms with Gasteiger partial charge in [-0.1, -0.05) is 19.4 Å². The molecule has 4 aliphatic rings. The molecule has 152 valence electrons. The monoisotopic (exact) mass is 386 g/mol. The molecule has 3 saturated carbocycles. The molecule has 0 heterocycles. The quantitative estimate of drug-likeness (QED) is 0.572. The molecule has 0 amide bonds. The Morgan fingerprint density at radius 3 is 2.61 bits per heavy atom. The molecule has 4 rings (SSSR count). The normalized spacial score (nSPS) is 44.8. The molecule has 0 radical (unpaired) electrons. The highest BCUT2D eigenvalue weighted by Gasteiger charge is 2.63. The van der Waals surface area contributed by atoms with Crippen LogP contribution in [0.3, 0.4) is 0 Å². The molecule has 5 heteroatoms. The molecule has 6 atom stereocenters. The third kappa shape index (κ3) is 2.59. The Hall–Kier alpha value is -1.71. The molecule has 28 heavy (non-hydrogen) atoms. The van der Waals surface area contributed by atoms with Gasteiger partial charge < -0.3 is 10.2 Å². The first kappa shape index (κ1) is 19.6. The van der Waals surface area contributed by atoms with Gasteiger partial charge in [0.15, 0.2) is 5.78 Å². The number of fused-ring (bicyclic) bond motifs is 5. The predicted octanol–water partition coefficient (Wildman–Crippen LogP) is 3.48. The van der Waals surface area contributed by atoms with E-state index in [0.29, 0.717) is 37.0 Å². The first-order valence-electron chi connectivity index (χ1n) is 10.6. The molecule has 3 fully saturated rings. The number of aliphatic hydroxyl groups is 1. The zero-order chi connectivity index (χ0) is 20.3. The molecular weight excluding hydrogens is 356 g/mol. The summed E-state index contributed by atoms with van der Waals surface area (Å²) in [4.78, 5) is 34.6. The van der Waals surface area contributed by atoms with Gasteiger partial charge in [-0.2, -0.15) is 0 Å². The van der Waals surface area contributed by atoms with Gasteiger partial charge in [-0.05, 0) is 86.0 Å². The second-order valence-corrected chi connectivity index (χ2v) is 10.0. The summed E-state index contributed by atoms with van der Waals surface area (Å²) in [6.45, 7) is 4.37. The van der Waals surface area contributed by atoms with Crippen molar-refractivity contribution < 1.29 is 24.6 Å². The second-order valence-electron chi connectivity index (χ2n) is 10.0. The van der Waals surface area contributed by atoms with Gasteiger partial charge >= 0.3 is 5.97 Å². The fourth-order valence-corrected chi connectivity index (χ4v) is 7.43. The van der Waals surface area contributed by atoms with Crippen LogP contribution in [0.25, 0.3) is 0 Å². The Morgan fingerprint density at radius 2 is 1.93 bits per heavy atom. The molecule has 5 nitrogen and oxygen atoms in total. The van der Waals surface area contributed by atoms with Crippen LogP contribution in [0.4, 0.5) is 0 Å². The van der Waals surface area contributed by atoms with E-state index in [1.165, 1.54) is 5.57 Å². The number of ketones is 1. The number of aliphatic carboxylic acids is 1. The minimum atomic E-state index is -0.908. The van der Waals surface area contributed by atoms with E-state index in [9.17, 15) is 19.5 Å². The van der Waals surface area contributed by atoms with E-state index in [4.69, 9.17) is 5.11 Å². The molecule has 0 aromatic rings. The number of carboxylic acid groups (broad SMARTS) is 1. The molecule has 0 saturated heterocycles. The van der Waals surface area contributed by atoms with Crippen LogP contribution < -0.4 is 0 Å². The van der Waals surface area contributed by atoms with E-state index in [0.717, 1.165) is 32.1 Å². The molecule has 0 spiro atoms. The maximum Gasteiger partial charge on any atom is 0.303 e. The van der Waals surface area contributed by atoms with Crippen LogP contribution in [0.1, 0.15) is 71.6 Å². The summed E-state index contributed by atoms with van der Waals surface area (Å²) < 4.78 is 0. The third-order valence-electron chi connectivity index (χ3n) is 9.08. The van der Waals surface area contributed by atoms with E-state index < -0.39 is 11.6 Å². The van der Waals surface area contributed by atoms with Crippen molar-refractivity contribution in [3.63, 3.8) is 0 Å². The van der Waals surface area contributed by atoms with Crippen molar-refractivity contribution in [2.24, 2.45) is 28.6 Å². The van der Waals surface area contributed by atoms with Crippen molar-refractivity contribution in [3.05, 3.63) is 17.2 Å². The SMILES string of the molecule is C[C@]12CC(=C=O)C(=O)C=C1CC[C@@H]1[C@@H]2CC[C@@]2(C)[C@H]1CC[C@@]2(O)CCC(=O)O. The smallest absolute Gasteiger partial charge is 0.303 e. The fourth-order valence-electron chi connectivity index (χ4n) is 7.43. The van der Waals surface area contributed by atoms with Crippen molar-refractivity contribution in [2.75, 3.05) is 0 Å². The van der Waals surface area contributed by atoms with Crippen LogP contribution in [0.5, 0.6) is 0 Å². The summed E-state index contributed by atoms with van der Waals surface area (Å²) in [6.07, 6.45) is 7.78. The molecule has 0 aliphatic heterocycles. The Labute approximate surface area is 165 Å². The number of carbonyl (C=O) groups excluding carboxylic acids is 2. The molecular formula is C23H30O5. The Bertz CT molecular complexity index is 806. The number of carbonyl (C=O) groups is 2. The zero-order valence-corrected chi connectivity index (χ0v) is 16.8. The topological polar surface area (TPSA) is 91.7 Å². The summed E-state index contributed by atoms with van der Waals surface area (Å²) >= 11 is 0. The Morgan fingerprint density at radius 1 is 1.21 bits per heavy atom. The number of carboxylic acids is 1. The summed E-state index contributed by atoms with van der Waals surface area (Å²) in [5.74, 6) is 2.05. The Balaban J connectivity index is 1.64. The van der Waals surface area contributed by atoms with Crippen LogP contribution >= 0.6 is 0 Å². The predicted molar refractivity (Wildman–Crippen MR) is 103 cm³/mol. The van der Waals surface area contributed by atoms with Crippen LogP contribution in [-0.4, -0.2) is 33.5 Å². The van der Waals surface area contributed by atoms with E-state index in [1.807, 2.05) is 5.94 Å². The first-order chi connectivity index (χ1) is 13.1. The standard InChI is InChI=1S/C23H30O5/c1-21-12-14(13-24)19(25)11-15(21)3-4-16-17(21)5-8-22(2)18(16)6-9-23(22,28)10-7-20(26)27/h11,16-18,28H,3-10,12H2,1-2H3,(H,26,27)/t16-,17+,18+,21+,22+,23-/m1/s1. The number of allylic oxidation sites excluding steroid dienone is 2. The van der Waals surface area contributed by atoms with Crippen LogP contribution in [-0.2, 0) is 14.4 Å². The van der Waals surface area contributed by atoms with Crippen molar-refractivity contribution in [2.45, 2.75) is 77.2 Å². The first-order valence-corrected chi connectivity index (χ1v) is 10.6. The third-order valence-corrected chi connectivity index (χ3v) is 9.08. The maximum atomic E-state index is 12.2. The lowest BCUT2D eigenvalue weighted by Crippen LogP contribution is -2.55. The molecule has 0 bridgehead atoms. The average Bonchev–Trinajstić information content (AvgIpc) is 2.92. The van der Waals surface area contributed by atoms with Crippen molar-refractivity contribution in [1.82, 2.24) is 0 Å². The minimum Gasteiger partial charge on any atom is -0.481 e. The van der Waals surface area contributed by atoms with Crippen molar-refractivity contribution in [1.29, 1.82) is 0 Å². The average molecular weight is 386 g/mol. The zero-order valence-electron chi connectivity index (χ0n) is 16.8. The van der Waals surface area contributed by atoms with E-state index in [1.54, 1.807) is 6.08 Å². The summed E-state index contributed by atoms with van der Waals surface area (Å²) in [5.41, 5.74) is 0.112. The highest BCUT2D eigenvalue weighted by atomic mass is 16.4. The summed E-state index contributed by atoms with van der Waals surface area (Å²) in [6, 6.07) is 0. The van der Waals surface area contributed by atoms with Gasteiger partial charge in [-0.3, -0.25) is 9.59 Å². The van der Waals surface area contributed by atoms with Gasteiger partial charge in [0.05, 0.1) is 11.2 Å². The molecule has 0 unspecified atom stereocenters. The molecule has 0 aromatic heterocycles. The summed E-state index contributed by atoms with van der Waals surface area (Å²) in [7, 11) is 0. The lowest BCUT2D eigenvalue weighted by atomic mass is 9.46. The van der Waals surface area contributed by atoms with Gasteiger partial charge in [0.25, 0.3) is 0 Å². The van der Waals surface area contributed by atoms with Gasteiger partial charge in [0.2, 0.25) is 0 Å². The van der Waals surface area contributed by atoms with E-state index >= 15 is 0 Å². The van der Waals surface area contributed by atoms with Gasteiger partial charge in [-0.25, -0.2) is 4.79 Å². The van der Waals surface area contributed by atoms with Crippen LogP contribution in [0.2, 0.25) is 0 Å². The van der Waals surface area contributed by atoms with Gasteiger partial charge in [0.1, 0.15) is 5.94 Å². The lowest BCUT2D eigenvalue weighted by molar-refractivity contribution is -0.146. The van der Waals surface area contributed by atoms with Gasteiger partial charge in [0, 0.05) is 6.42 Å². The fraction of sp³-hybridized carbons (Fsp3) is 0.739. The largest absolute Gasteiger partial charge is 0.481 e. The summed E-state index contributed by atoms with van der Waals surface area (Å²) in [5, 5.41) is 20.5. The second kappa shape index (κ2) is 6.40. The van der Waals surface area contributed by atoms with Crippen LogP contribution in [0, 0.1) is 28.6 Å². The highest BCUT2D eigenvalue weighted by Crippen LogP contribution is 2.68. The van der Waals surface area contributed by atoms with Crippen LogP contribution in [0.15, 0.2) is 17.2 Å². The van der Waals surface area contributed by atoms with Gasteiger partial charge in [-0.15, -0.1) is 0 Å². The highest BCUT2D eigenvalue weighted by molar-refractivity contribution is 6.10.